The SMILES string of the molecule is CC(C(=O)NC1(C(=O)O)CCCCCC1)C1CC1. The van der Waals surface area contributed by atoms with E-state index in [1.54, 1.807) is 0 Å². The van der Waals surface area contributed by atoms with Gasteiger partial charge < -0.3 is 10.4 Å². The van der Waals surface area contributed by atoms with Gasteiger partial charge in [-0.25, -0.2) is 4.79 Å². The quantitative estimate of drug-likeness (QED) is 0.756. The summed E-state index contributed by atoms with van der Waals surface area (Å²) in [6.07, 6.45) is 7.29. The summed E-state index contributed by atoms with van der Waals surface area (Å²) in [4.78, 5) is 23.7. The van der Waals surface area contributed by atoms with E-state index in [-0.39, 0.29) is 11.8 Å². The fraction of sp³-hybridized carbons (Fsp3) is 0.857. The highest BCUT2D eigenvalue weighted by Crippen LogP contribution is 2.37. The Bertz CT molecular complexity index is 328. The summed E-state index contributed by atoms with van der Waals surface area (Å²) in [6, 6.07) is 0. The van der Waals surface area contributed by atoms with Gasteiger partial charge in [0.05, 0.1) is 0 Å². The van der Waals surface area contributed by atoms with Gasteiger partial charge in [-0.05, 0) is 31.6 Å². The summed E-state index contributed by atoms with van der Waals surface area (Å²) in [5, 5.41) is 12.3. The maximum atomic E-state index is 12.1. The summed E-state index contributed by atoms with van der Waals surface area (Å²) in [5.41, 5.74) is -1.00. The molecule has 0 aromatic rings. The fourth-order valence-electron chi connectivity index (χ4n) is 2.88. The van der Waals surface area contributed by atoms with E-state index < -0.39 is 11.5 Å². The second kappa shape index (κ2) is 5.29. The molecule has 0 bridgehead atoms. The lowest BCUT2D eigenvalue weighted by Gasteiger charge is -2.30. The van der Waals surface area contributed by atoms with Gasteiger partial charge in [-0.2, -0.15) is 0 Å². The third-order valence-electron chi connectivity index (χ3n) is 4.47. The third-order valence-corrected chi connectivity index (χ3v) is 4.47. The molecule has 0 heterocycles. The van der Waals surface area contributed by atoms with Gasteiger partial charge in [0.2, 0.25) is 5.91 Å². The van der Waals surface area contributed by atoms with Crippen molar-refractivity contribution in [1.29, 1.82) is 0 Å². The smallest absolute Gasteiger partial charge is 0.329 e. The van der Waals surface area contributed by atoms with Crippen LogP contribution in [0.3, 0.4) is 0 Å². The molecule has 0 aromatic heterocycles. The van der Waals surface area contributed by atoms with E-state index in [4.69, 9.17) is 0 Å². The van der Waals surface area contributed by atoms with E-state index >= 15 is 0 Å². The van der Waals surface area contributed by atoms with Crippen LogP contribution < -0.4 is 5.32 Å². The third kappa shape index (κ3) is 2.85. The molecular formula is C14H23NO3. The zero-order valence-corrected chi connectivity index (χ0v) is 11.1. The van der Waals surface area contributed by atoms with Crippen LogP contribution in [0.25, 0.3) is 0 Å². The zero-order valence-electron chi connectivity index (χ0n) is 11.1. The zero-order chi connectivity index (χ0) is 13.2. The van der Waals surface area contributed by atoms with Crippen LogP contribution >= 0.6 is 0 Å². The Balaban J connectivity index is 2.04. The molecule has 0 aromatic carbocycles. The molecule has 1 amide bonds. The molecule has 2 rings (SSSR count). The van der Waals surface area contributed by atoms with Crippen molar-refractivity contribution in [3.8, 4) is 0 Å². The number of rotatable bonds is 4. The molecule has 102 valence electrons. The highest BCUT2D eigenvalue weighted by Gasteiger charge is 2.42. The summed E-state index contributed by atoms with van der Waals surface area (Å²) < 4.78 is 0. The van der Waals surface area contributed by atoms with Crippen molar-refractivity contribution in [2.45, 2.75) is 63.8 Å². The number of carbonyl (C=O) groups is 2. The summed E-state index contributed by atoms with van der Waals surface area (Å²) in [6.45, 7) is 1.92. The minimum absolute atomic E-state index is 0.0375. The highest BCUT2D eigenvalue weighted by molar-refractivity contribution is 5.88. The first-order valence-corrected chi connectivity index (χ1v) is 7.10. The molecule has 2 N–H and O–H groups in total. The van der Waals surface area contributed by atoms with Crippen LogP contribution in [-0.2, 0) is 9.59 Å². The second-order valence-corrected chi connectivity index (χ2v) is 5.92. The number of amides is 1. The van der Waals surface area contributed by atoms with Crippen molar-refractivity contribution in [1.82, 2.24) is 5.32 Å². The van der Waals surface area contributed by atoms with Crippen molar-refractivity contribution in [3.63, 3.8) is 0 Å². The topological polar surface area (TPSA) is 66.4 Å². The minimum atomic E-state index is -1.00. The molecule has 0 spiro atoms. The van der Waals surface area contributed by atoms with Crippen molar-refractivity contribution in [2.75, 3.05) is 0 Å². The maximum Gasteiger partial charge on any atom is 0.329 e. The fourth-order valence-corrected chi connectivity index (χ4v) is 2.88. The second-order valence-electron chi connectivity index (χ2n) is 5.92. The highest BCUT2D eigenvalue weighted by atomic mass is 16.4. The van der Waals surface area contributed by atoms with E-state index in [1.807, 2.05) is 6.92 Å². The monoisotopic (exact) mass is 253 g/mol. The van der Waals surface area contributed by atoms with Crippen LogP contribution in [0, 0.1) is 11.8 Å². The van der Waals surface area contributed by atoms with Crippen molar-refractivity contribution in [3.05, 3.63) is 0 Å². The molecule has 18 heavy (non-hydrogen) atoms. The van der Waals surface area contributed by atoms with Gasteiger partial charge in [-0.1, -0.05) is 32.6 Å². The number of carboxylic acids is 1. The van der Waals surface area contributed by atoms with Crippen LogP contribution in [0.15, 0.2) is 0 Å². The van der Waals surface area contributed by atoms with Gasteiger partial charge in [0.25, 0.3) is 0 Å². The average Bonchev–Trinajstić information content (AvgIpc) is 3.15. The number of nitrogens with one attached hydrogen (secondary N) is 1. The van der Waals surface area contributed by atoms with Gasteiger partial charge >= 0.3 is 5.97 Å². The lowest BCUT2D eigenvalue weighted by molar-refractivity contribution is -0.149. The van der Waals surface area contributed by atoms with Crippen molar-refractivity contribution >= 4 is 11.9 Å². The number of carbonyl (C=O) groups excluding carboxylic acids is 1. The number of carboxylic acid groups (broad SMARTS) is 1. The van der Waals surface area contributed by atoms with Crippen molar-refractivity contribution < 1.29 is 14.7 Å². The van der Waals surface area contributed by atoms with E-state index in [1.165, 1.54) is 0 Å². The Morgan fingerprint density at radius 3 is 2.17 bits per heavy atom. The Kier molecular flexibility index (Phi) is 3.93. The van der Waals surface area contributed by atoms with Crippen LogP contribution in [0.1, 0.15) is 58.3 Å². The van der Waals surface area contributed by atoms with Gasteiger partial charge in [0.1, 0.15) is 5.54 Å². The summed E-state index contributed by atoms with van der Waals surface area (Å²) >= 11 is 0. The molecule has 2 fully saturated rings. The molecule has 0 aliphatic heterocycles. The van der Waals surface area contributed by atoms with Gasteiger partial charge in [-0.3, -0.25) is 4.79 Å². The Hall–Kier alpha value is -1.06. The number of hydrogen-bond donors (Lipinski definition) is 2. The van der Waals surface area contributed by atoms with E-state index in [0.29, 0.717) is 18.8 Å². The average molecular weight is 253 g/mol. The van der Waals surface area contributed by atoms with Gasteiger partial charge in [-0.15, -0.1) is 0 Å². The predicted molar refractivity (Wildman–Crippen MR) is 68.1 cm³/mol. The molecule has 2 saturated carbocycles. The lowest BCUT2D eigenvalue weighted by Crippen LogP contribution is -2.55. The molecule has 1 unspecified atom stereocenters. The molecule has 1 atom stereocenters. The first-order valence-electron chi connectivity index (χ1n) is 7.10. The maximum absolute atomic E-state index is 12.1. The lowest BCUT2D eigenvalue weighted by atomic mass is 9.89. The molecule has 4 nitrogen and oxygen atoms in total. The van der Waals surface area contributed by atoms with E-state index in [2.05, 4.69) is 5.32 Å². The van der Waals surface area contributed by atoms with Crippen LogP contribution in [0.5, 0.6) is 0 Å². The molecular weight excluding hydrogens is 230 g/mol. The first kappa shape index (κ1) is 13.4. The van der Waals surface area contributed by atoms with Gasteiger partial charge in [0.15, 0.2) is 0 Å². The molecule has 4 heteroatoms. The molecule has 0 saturated heterocycles. The first-order chi connectivity index (χ1) is 8.55. The summed E-state index contributed by atoms with van der Waals surface area (Å²) in [7, 11) is 0. The van der Waals surface area contributed by atoms with Gasteiger partial charge in [0, 0.05) is 5.92 Å². The van der Waals surface area contributed by atoms with Crippen LogP contribution in [0.4, 0.5) is 0 Å². The minimum Gasteiger partial charge on any atom is -0.480 e. The number of aliphatic carboxylic acids is 1. The molecule has 2 aliphatic rings. The molecule has 0 radical (unpaired) electrons. The Morgan fingerprint density at radius 2 is 1.72 bits per heavy atom. The molecule has 2 aliphatic carbocycles. The largest absolute Gasteiger partial charge is 0.480 e. The van der Waals surface area contributed by atoms with E-state index in [9.17, 15) is 14.7 Å². The normalized spacial score (nSPS) is 24.9. The van der Waals surface area contributed by atoms with Crippen LogP contribution in [-0.4, -0.2) is 22.5 Å². The van der Waals surface area contributed by atoms with Crippen molar-refractivity contribution in [2.24, 2.45) is 11.8 Å². The Morgan fingerprint density at radius 1 is 1.17 bits per heavy atom. The Labute approximate surface area is 108 Å². The standard InChI is InChI=1S/C14H23NO3/c1-10(11-6-7-11)12(16)15-14(13(17)18)8-4-2-3-5-9-14/h10-11H,2-9H2,1H3,(H,15,16)(H,17,18). The van der Waals surface area contributed by atoms with Crippen LogP contribution in [0.2, 0.25) is 0 Å². The number of hydrogen-bond acceptors (Lipinski definition) is 2. The predicted octanol–water partition coefficient (Wildman–Crippen LogP) is 2.33. The summed E-state index contributed by atoms with van der Waals surface area (Å²) in [5.74, 6) is -0.492. The van der Waals surface area contributed by atoms with E-state index in [0.717, 1.165) is 38.5 Å².